The van der Waals surface area contributed by atoms with E-state index in [9.17, 15) is 22.8 Å². The molecule has 1 amide bonds. The fourth-order valence-corrected chi connectivity index (χ4v) is 4.16. The molecule has 3 aromatic rings. The Morgan fingerprint density at radius 1 is 1.06 bits per heavy atom. The Kier molecular flexibility index (Phi) is 7.08. The number of ether oxygens (including phenoxy) is 1. The number of amides is 1. The quantitative estimate of drug-likeness (QED) is 0.510. The number of rotatable bonds is 7. The number of carbonyl (C=O) groups is 2. The Labute approximate surface area is 197 Å². The summed E-state index contributed by atoms with van der Waals surface area (Å²) in [5, 5.41) is 2.54. The Hall–Kier alpha value is -3.70. The monoisotopic (exact) mass is 486 g/mol. The zero-order valence-electron chi connectivity index (χ0n) is 19.5. The van der Waals surface area contributed by atoms with Gasteiger partial charge in [0.15, 0.2) is 6.10 Å². The molecular weight excluding hydrogens is 460 g/mol. The summed E-state index contributed by atoms with van der Waals surface area (Å²) in [6, 6.07) is 14.3. The zero-order valence-corrected chi connectivity index (χ0v) is 20.3. The van der Waals surface area contributed by atoms with E-state index in [0.717, 1.165) is 4.31 Å². The van der Waals surface area contributed by atoms with Crippen LogP contribution in [-0.4, -0.2) is 54.2 Å². The highest BCUT2D eigenvalue weighted by Gasteiger charge is 2.25. The summed E-state index contributed by atoms with van der Waals surface area (Å²) in [5.74, 6) is -1.57. The molecule has 0 saturated heterocycles. The average molecular weight is 487 g/mol. The minimum absolute atomic E-state index is 0.0232. The Morgan fingerprint density at radius 2 is 1.71 bits per heavy atom. The molecule has 1 aromatic heterocycles. The number of carbonyl (C=O) groups excluding carboxylic acids is 2. The van der Waals surface area contributed by atoms with Gasteiger partial charge in [-0.15, -0.1) is 0 Å². The highest BCUT2D eigenvalue weighted by Crippen LogP contribution is 2.17. The van der Waals surface area contributed by atoms with Crippen LogP contribution in [0.25, 0.3) is 5.69 Å². The van der Waals surface area contributed by atoms with E-state index in [1.165, 1.54) is 50.0 Å². The van der Waals surface area contributed by atoms with Gasteiger partial charge in [-0.2, -0.15) is 0 Å². The molecule has 34 heavy (non-hydrogen) atoms. The van der Waals surface area contributed by atoms with Crippen molar-refractivity contribution in [1.29, 1.82) is 0 Å². The molecule has 180 valence electrons. The van der Waals surface area contributed by atoms with Crippen LogP contribution in [0, 0.1) is 6.92 Å². The van der Waals surface area contributed by atoms with Gasteiger partial charge in [0.25, 0.3) is 11.5 Å². The first-order chi connectivity index (χ1) is 15.9. The van der Waals surface area contributed by atoms with Crippen LogP contribution in [0.3, 0.4) is 0 Å². The third kappa shape index (κ3) is 4.80. The second-order valence-electron chi connectivity index (χ2n) is 7.79. The molecule has 1 atom stereocenters. The number of aromatic nitrogens is 2. The third-order valence-corrected chi connectivity index (χ3v) is 7.11. The number of nitrogens with one attached hydrogen (secondary N) is 1. The van der Waals surface area contributed by atoms with Crippen molar-refractivity contribution in [3.05, 3.63) is 76.2 Å². The van der Waals surface area contributed by atoms with Crippen LogP contribution in [0.5, 0.6) is 0 Å². The van der Waals surface area contributed by atoms with E-state index in [1.54, 1.807) is 42.9 Å². The molecule has 11 heteroatoms. The average Bonchev–Trinajstić information content (AvgIpc) is 3.02. The first-order valence-electron chi connectivity index (χ1n) is 10.3. The van der Waals surface area contributed by atoms with Gasteiger partial charge in [-0.05, 0) is 44.2 Å². The van der Waals surface area contributed by atoms with Gasteiger partial charge in [0, 0.05) is 21.1 Å². The lowest BCUT2D eigenvalue weighted by Gasteiger charge is -2.14. The Bertz CT molecular complexity index is 1390. The summed E-state index contributed by atoms with van der Waals surface area (Å²) in [6.07, 6.45) is -1.24. The van der Waals surface area contributed by atoms with Crippen molar-refractivity contribution >= 4 is 27.6 Å². The van der Waals surface area contributed by atoms with Crippen LogP contribution in [0.4, 0.5) is 5.69 Å². The van der Waals surface area contributed by atoms with Crippen molar-refractivity contribution < 1.29 is 22.7 Å². The molecule has 0 unspecified atom stereocenters. The maximum Gasteiger partial charge on any atom is 0.338 e. The summed E-state index contributed by atoms with van der Waals surface area (Å²) in [5.41, 5.74) is 0.760. The molecule has 0 aliphatic heterocycles. The second-order valence-corrected chi connectivity index (χ2v) is 9.94. The van der Waals surface area contributed by atoms with Crippen molar-refractivity contribution in [2.45, 2.75) is 24.8 Å². The molecule has 0 spiro atoms. The first-order valence-corrected chi connectivity index (χ1v) is 11.8. The van der Waals surface area contributed by atoms with Gasteiger partial charge in [-0.25, -0.2) is 22.2 Å². The molecule has 1 heterocycles. The summed E-state index contributed by atoms with van der Waals surface area (Å²) in [7, 11) is 0.704. The lowest BCUT2D eigenvalue weighted by atomic mass is 10.2. The van der Waals surface area contributed by atoms with Crippen molar-refractivity contribution in [2.75, 3.05) is 19.4 Å². The predicted octanol–water partition coefficient (Wildman–Crippen LogP) is 1.92. The fourth-order valence-electron chi connectivity index (χ4n) is 3.21. The molecule has 3 rings (SSSR count). The lowest BCUT2D eigenvalue weighted by molar-refractivity contribution is -0.123. The Morgan fingerprint density at radius 3 is 2.32 bits per heavy atom. The topological polar surface area (TPSA) is 120 Å². The number of sulfonamides is 1. The molecule has 0 aliphatic carbocycles. The number of esters is 1. The molecule has 0 fully saturated rings. The maximum absolute atomic E-state index is 13.0. The highest BCUT2D eigenvalue weighted by molar-refractivity contribution is 7.89. The van der Waals surface area contributed by atoms with Gasteiger partial charge in [0.1, 0.15) is 5.69 Å². The van der Waals surface area contributed by atoms with Crippen molar-refractivity contribution in [3.63, 3.8) is 0 Å². The standard InChI is InChI=1S/C23H26N4O6S/c1-15-20(22(29)27(26(15)5)18-11-7-6-8-12-18)24-21(28)16(2)33-23(30)17-10-9-13-19(14-17)34(31,32)25(3)4/h6-14,16H,1-5H3,(H,24,28)/t16-/m0/s1. The fraction of sp³-hybridized carbons (Fsp3) is 0.261. The number of para-hydroxylation sites is 1. The SMILES string of the molecule is Cc1c(NC(=O)[C@H](C)OC(=O)c2cccc(S(=O)(=O)N(C)C)c2)c(=O)n(-c2ccccc2)n1C. The predicted molar refractivity (Wildman–Crippen MR) is 127 cm³/mol. The number of anilines is 1. The van der Waals surface area contributed by atoms with Crippen LogP contribution in [0.2, 0.25) is 0 Å². The van der Waals surface area contributed by atoms with E-state index >= 15 is 0 Å². The van der Waals surface area contributed by atoms with Crippen molar-refractivity contribution in [2.24, 2.45) is 7.05 Å². The molecule has 1 N–H and O–H groups in total. The van der Waals surface area contributed by atoms with Crippen molar-refractivity contribution in [1.82, 2.24) is 13.7 Å². The van der Waals surface area contributed by atoms with E-state index in [1.807, 2.05) is 6.07 Å². The normalized spacial score (nSPS) is 12.4. The molecule has 10 nitrogen and oxygen atoms in total. The number of hydrogen-bond donors (Lipinski definition) is 1. The van der Waals surface area contributed by atoms with Gasteiger partial charge in [-0.1, -0.05) is 24.3 Å². The summed E-state index contributed by atoms with van der Waals surface area (Å²) < 4.78 is 33.9. The molecular formula is C23H26N4O6S. The minimum atomic E-state index is -3.75. The van der Waals surface area contributed by atoms with E-state index in [0.29, 0.717) is 11.4 Å². The molecule has 0 radical (unpaired) electrons. The molecule has 2 aromatic carbocycles. The summed E-state index contributed by atoms with van der Waals surface area (Å²) in [4.78, 5) is 38.1. The Balaban J connectivity index is 1.78. The second kappa shape index (κ2) is 9.65. The van der Waals surface area contributed by atoms with Gasteiger partial charge < -0.3 is 10.1 Å². The van der Waals surface area contributed by atoms with Gasteiger partial charge in [0.05, 0.1) is 21.8 Å². The summed E-state index contributed by atoms with van der Waals surface area (Å²) in [6.45, 7) is 3.05. The van der Waals surface area contributed by atoms with E-state index in [-0.39, 0.29) is 16.1 Å². The number of hydrogen-bond acceptors (Lipinski definition) is 6. The number of nitrogens with zero attached hydrogens (tertiary/aromatic N) is 3. The lowest BCUT2D eigenvalue weighted by Crippen LogP contribution is -2.32. The smallest absolute Gasteiger partial charge is 0.338 e. The van der Waals surface area contributed by atoms with Crippen LogP contribution in [-0.2, 0) is 26.6 Å². The molecule has 0 aliphatic rings. The van der Waals surface area contributed by atoms with Crippen LogP contribution in [0.1, 0.15) is 23.0 Å². The van der Waals surface area contributed by atoms with E-state index in [2.05, 4.69) is 5.32 Å². The first kappa shape index (κ1) is 24.9. The maximum atomic E-state index is 13.0. The highest BCUT2D eigenvalue weighted by atomic mass is 32.2. The molecule has 0 saturated carbocycles. The van der Waals surface area contributed by atoms with Gasteiger partial charge in [-0.3, -0.25) is 14.3 Å². The third-order valence-electron chi connectivity index (χ3n) is 5.30. The minimum Gasteiger partial charge on any atom is -0.449 e. The van der Waals surface area contributed by atoms with Gasteiger partial charge in [0.2, 0.25) is 10.0 Å². The summed E-state index contributed by atoms with van der Waals surface area (Å²) >= 11 is 0. The van der Waals surface area contributed by atoms with Crippen LogP contribution < -0.4 is 10.9 Å². The van der Waals surface area contributed by atoms with Gasteiger partial charge >= 0.3 is 5.97 Å². The van der Waals surface area contributed by atoms with E-state index in [4.69, 9.17) is 4.74 Å². The largest absolute Gasteiger partial charge is 0.449 e. The zero-order chi connectivity index (χ0) is 25.2. The van der Waals surface area contributed by atoms with Crippen LogP contribution >= 0.6 is 0 Å². The van der Waals surface area contributed by atoms with Crippen molar-refractivity contribution in [3.8, 4) is 5.69 Å². The molecule has 0 bridgehead atoms. The number of benzene rings is 2. The van der Waals surface area contributed by atoms with Crippen LogP contribution in [0.15, 0.2) is 64.3 Å². The van der Waals surface area contributed by atoms with E-state index < -0.39 is 33.6 Å².